The Bertz CT molecular complexity index is 767. The van der Waals surface area contributed by atoms with Gasteiger partial charge < -0.3 is 19.9 Å². The zero-order valence-electron chi connectivity index (χ0n) is 13.3. The van der Waals surface area contributed by atoms with Gasteiger partial charge in [0.1, 0.15) is 6.10 Å². The van der Waals surface area contributed by atoms with Crippen molar-refractivity contribution in [3.8, 4) is 0 Å². The molecule has 1 saturated heterocycles. The van der Waals surface area contributed by atoms with Gasteiger partial charge in [-0.15, -0.1) is 0 Å². The molecular formula is C18H19NO5. The van der Waals surface area contributed by atoms with E-state index in [0.29, 0.717) is 29.7 Å². The van der Waals surface area contributed by atoms with Gasteiger partial charge in [0.15, 0.2) is 0 Å². The monoisotopic (exact) mass is 329 g/mol. The van der Waals surface area contributed by atoms with Crippen LogP contribution in [0.5, 0.6) is 0 Å². The van der Waals surface area contributed by atoms with Crippen LogP contribution >= 0.6 is 0 Å². The molecule has 3 rings (SSSR count). The van der Waals surface area contributed by atoms with Crippen LogP contribution in [0.2, 0.25) is 0 Å². The van der Waals surface area contributed by atoms with Crippen LogP contribution in [0.1, 0.15) is 16.8 Å². The van der Waals surface area contributed by atoms with Crippen LogP contribution in [0.4, 0.5) is 5.69 Å². The molecule has 1 amide bonds. The molecule has 2 aromatic carbocycles. The van der Waals surface area contributed by atoms with Gasteiger partial charge in [-0.1, -0.05) is 24.3 Å². The molecule has 0 saturated carbocycles. The molecule has 2 unspecified atom stereocenters. The van der Waals surface area contributed by atoms with E-state index in [9.17, 15) is 14.7 Å². The molecule has 1 heterocycles. The quantitative estimate of drug-likeness (QED) is 0.880. The number of nitrogens with one attached hydrogen (secondary N) is 1. The lowest BCUT2D eigenvalue weighted by molar-refractivity contribution is -0.128. The van der Waals surface area contributed by atoms with Crippen molar-refractivity contribution in [2.45, 2.75) is 12.5 Å². The maximum Gasteiger partial charge on any atom is 0.336 e. The fourth-order valence-electron chi connectivity index (χ4n) is 3.10. The van der Waals surface area contributed by atoms with E-state index < -0.39 is 12.1 Å². The summed E-state index contributed by atoms with van der Waals surface area (Å²) in [5.41, 5.74) is 0.776. The number of methoxy groups -OCH3 is 1. The van der Waals surface area contributed by atoms with E-state index in [1.165, 1.54) is 13.2 Å². The van der Waals surface area contributed by atoms with E-state index in [-0.39, 0.29) is 17.4 Å². The van der Waals surface area contributed by atoms with E-state index in [1.54, 1.807) is 24.3 Å². The van der Waals surface area contributed by atoms with Crippen LogP contribution < -0.4 is 5.32 Å². The average Bonchev–Trinajstić information content (AvgIpc) is 3.09. The number of benzene rings is 2. The van der Waals surface area contributed by atoms with Gasteiger partial charge in [-0.2, -0.15) is 0 Å². The third-order valence-electron chi connectivity index (χ3n) is 4.32. The molecule has 2 atom stereocenters. The highest BCUT2D eigenvalue weighted by Gasteiger charge is 2.31. The van der Waals surface area contributed by atoms with E-state index in [4.69, 9.17) is 9.47 Å². The third-order valence-corrected chi connectivity index (χ3v) is 4.32. The lowest BCUT2D eigenvalue weighted by Crippen LogP contribution is -2.36. The van der Waals surface area contributed by atoms with Crippen molar-refractivity contribution in [2.24, 2.45) is 5.92 Å². The molecule has 0 bridgehead atoms. The fraction of sp³-hybridized carbons (Fsp3) is 0.333. The number of ether oxygens (including phenoxy) is 2. The van der Waals surface area contributed by atoms with Gasteiger partial charge in [-0.3, -0.25) is 4.79 Å². The number of amides is 1. The summed E-state index contributed by atoms with van der Waals surface area (Å²) in [4.78, 5) is 23.9. The smallest absolute Gasteiger partial charge is 0.336 e. The minimum Gasteiger partial charge on any atom is -0.478 e. The molecule has 2 N–H and O–H groups in total. The number of aromatic carboxylic acids is 1. The maximum absolute atomic E-state index is 12.6. The van der Waals surface area contributed by atoms with E-state index in [1.807, 2.05) is 6.07 Å². The van der Waals surface area contributed by atoms with Crippen LogP contribution in [-0.4, -0.2) is 43.4 Å². The Labute approximate surface area is 139 Å². The van der Waals surface area contributed by atoms with Crippen molar-refractivity contribution in [3.63, 3.8) is 0 Å². The normalized spacial score (nSPS) is 18.5. The van der Waals surface area contributed by atoms with Crippen LogP contribution in [0.25, 0.3) is 10.8 Å². The Morgan fingerprint density at radius 2 is 2.00 bits per heavy atom. The molecule has 1 aliphatic heterocycles. The zero-order valence-corrected chi connectivity index (χ0v) is 13.3. The number of carbonyl (C=O) groups is 2. The number of anilines is 1. The Hall–Kier alpha value is -2.44. The Morgan fingerprint density at radius 3 is 2.62 bits per heavy atom. The van der Waals surface area contributed by atoms with Crippen LogP contribution in [0.3, 0.4) is 0 Å². The Kier molecular flexibility index (Phi) is 4.78. The van der Waals surface area contributed by atoms with Gasteiger partial charge in [0.2, 0.25) is 0 Å². The summed E-state index contributed by atoms with van der Waals surface area (Å²) in [7, 11) is 1.51. The second kappa shape index (κ2) is 6.98. The van der Waals surface area contributed by atoms with Crippen molar-refractivity contribution in [2.75, 3.05) is 25.6 Å². The summed E-state index contributed by atoms with van der Waals surface area (Å²) < 4.78 is 10.7. The number of fused-ring (bicyclic) bond motifs is 1. The molecule has 0 radical (unpaired) electrons. The molecule has 0 aromatic heterocycles. The highest BCUT2D eigenvalue weighted by Crippen LogP contribution is 2.28. The molecule has 2 aromatic rings. The second-order valence-electron chi connectivity index (χ2n) is 5.78. The Morgan fingerprint density at radius 1 is 1.25 bits per heavy atom. The molecule has 6 heteroatoms. The minimum absolute atomic E-state index is 0.0274. The SMILES string of the molecule is COC(C(=O)Nc1ccc(C(=O)O)c2ccccc12)C1CCOC1. The molecule has 126 valence electrons. The molecule has 0 aliphatic carbocycles. The first-order valence-electron chi connectivity index (χ1n) is 7.78. The van der Waals surface area contributed by atoms with Gasteiger partial charge in [0, 0.05) is 30.7 Å². The highest BCUT2D eigenvalue weighted by molar-refractivity contribution is 6.10. The molecule has 1 aliphatic rings. The number of hydrogen-bond donors (Lipinski definition) is 2. The van der Waals surface area contributed by atoms with Crippen LogP contribution in [-0.2, 0) is 14.3 Å². The summed E-state index contributed by atoms with van der Waals surface area (Å²) in [5, 5.41) is 13.4. The highest BCUT2D eigenvalue weighted by atomic mass is 16.5. The zero-order chi connectivity index (χ0) is 17.1. The number of hydrogen-bond acceptors (Lipinski definition) is 4. The lowest BCUT2D eigenvalue weighted by atomic mass is 9.99. The third kappa shape index (κ3) is 3.11. The summed E-state index contributed by atoms with van der Waals surface area (Å²) in [6.07, 6.45) is 0.190. The van der Waals surface area contributed by atoms with Gasteiger partial charge in [-0.05, 0) is 23.9 Å². The van der Waals surface area contributed by atoms with Crippen molar-refractivity contribution >= 4 is 28.3 Å². The first-order chi connectivity index (χ1) is 11.6. The average molecular weight is 329 g/mol. The van der Waals surface area contributed by atoms with Crippen molar-refractivity contribution in [1.82, 2.24) is 0 Å². The predicted octanol–water partition coefficient (Wildman–Crippen LogP) is 2.53. The van der Waals surface area contributed by atoms with Gasteiger partial charge in [-0.25, -0.2) is 4.79 Å². The topological polar surface area (TPSA) is 84.9 Å². The number of carboxylic acid groups (broad SMARTS) is 1. The molecule has 6 nitrogen and oxygen atoms in total. The van der Waals surface area contributed by atoms with Crippen LogP contribution in [0.15, 0.2) is 36.4 Å². The van der Waals surface area contributed by atoms with Gasteiger partial charge in [0.25, 0.3) is 5.91 Å². The van der Waals surface area contributed by atoms with Gasteiger partial charge in [0.05, 0.1) is 12.2 Å². The number of carboxylic acids is 1. The van der Waals surface area contributed by atoms with Crippen molar-refractivity contribution in [1.29, 1.82) is 0 Å². The van der Waals surface area contributed by atoms with E-state index in [2.05, 4.69) is 5.32 Å². The molecular weight excluding hydrogens is 310 g/mol. The molecule has 1 fully saturated rings. The number of carbonyl (C=O) groups excluding carboxylic acids is 1. The predicted molar refractivity (Wildman–Crippen MR) is 89.3 cm³/mol. The summed E-state index contributed by atoms with van der Waals surface area (Å²) in [6.45, 7) is 1.14. The molecule has 24 heavy (non-hydrogen) atoms. The van der Waals surface area contributed by atoms with Gasteiger partial charge >= 0.3 is 5.97 Å². The molecule has 0 spiro atoms. The first-order valence-corrected chi connectivity index (χ1v) is 7.78. The maximum atomic E-state index is 12.6. The summed E-state index contributed by atoms with van der Waals surface area (Å²) in [6, 6.07) is 10.2. The second-order valence-corrected chi connectivity index (χ2v) is 5.78. The summed E-state index contributed by atoms with van der Waals surface area (Å²) in [5.74, 6) is -1.22. The summed E-state index contributed by atoms with van der Waals surface area (Å²) >= 11 is 0. The first kappa shape index (κ1) is 16.4. The van der Waals surface area contributed by atoms with Crippen molar-refractivity contribution < 1.29 is 24.2 Å². The van der Waals surface area contributed by atoms with E-state index >= 15 is 0 Å². The van der Waals surface area contributed by atoms with Crippen molar-refractivity contribution in [3.05, 3.63) is 42.0 Å². The fourth-order valence-corrected chi connectivity index (χ4v) is 3.10. The Balaban J connectivity index is 1.91. The minimum atomic E-state index is -0.998. The standard InChI is InChI=1S/C18H19NO5/c1-23-16(11-8-9-24-10-11)17(20)19-15-7-6-14(18(21)22)12-4-2-3-5-13(12)15/h2-7,11,16H,8-10H2,1H3,(H,19,20)(H,21,22). The van der Waals surface area contributed by atoms with E-state index in [0.717, 1.165) is 6.42 Å². The largest absolute Gasteiger partial charge is 0.478 e. The number of rotatable bonds is 5. The lowest BCUT2D eigenvalue weighted by Gasteiger charge is -2.20. The van der Waals surface area contributed by atoms with Crippen LogP contribution in [0, 0.1) is 5.92 Å².